The zero-order valence-electron chi connectivity index (χ0n) is 10.7. The van der Waals surface area contributed by atoms with Gasteiger partial charge in [0, 0.05) is 6.54 Å². The third kappa shape index (κ3) is 3.09. The SMILES string of the molecule is CCn1nc(C(F)(F)F)cc1CNc1ccccc1F. The fourth-order valence-electron chi connectivity index (χ4n) is 1.80. The molecule has 2 aromatic rings. The largest absolute Gasteiger partial charge is 0.435 e. The van der Waals surface area contributed by atoms with Gasteiger partial charge in [0.1, 0.15) is 5.82 Å². The van der Waals surface area contributed by atoms with Gasteiger partial charge >= 0.3 is 6.18 Å². The molecule has 0 atom stereocenters. The fraction of sp³-hybridized carbons (Fsp3) is 0.308. The summed E-state index contributed by atoms with van der Waals surface area (Å²) in [5.74, 6) is -0.453. The first kappa shape index (κ1) is 14.4. The van der Waals surface area contributed by atoms with E-state index in [0.29, 0.717) is 12.2 Å². The Morgan fingerprint density at radius 3 is 2.55 bits per heavy atom. The van der Waals surface area contributed by atoms with Gasteiger partial charge in [-0.3, -0.25) is 4.68 Å². The molecule has 0 amide bonds. The average Bonchev–Trinajstić information content (AvgIpc) is 2.81. The topological polar surface area (TPSA) is 29.9 Å². The highest BCUT2D eigenvalue weighted by atomic mass is 19.4. The van der Waals surface area contributed by atoms with Gasteiger partial charge in [0.2, 0.25) is 0 Å². The zero-order valence-corrected chi connectivity index (χ0v) is 10.7. The number of rotatable bonds is 4. The van der Waals surface area contributed by atoms with Gasteiger partial charge in [-0.2, -0.15) is 18.3 Å². The van der Waals surface area contributed by atoms with Crippen LogP contribution in [-0.4, -0.2) is 9.78 Å². The Morgan fingerprint density at radius 1 is 1.25 bits per heavy atom. The van der Waals surface area contributed by atoms with Crippen molar-refractivity contribution in [2.24, 2.45) is 0 Å². The van der Waals surface area contributed by atoms with E-state index in [0.717, 1.165) is 6.07 Å². The predicted octanol–water partition coefficient (Wildman–Crippen LogP) is 3.67. The lowest BCUT2D eigenvalue weighted by Crippen LogP contribution is -2.09. The molecular weight excluding hydrogens is 274 g/mol. The van der Waals surface area contributed by atoms with E-state index in [-0.39, 0.29) is 12.2 Å². The molecule has 3 nitrogen and oxygen atoms in total. The summed E-state index contributed by atoms with van der Waals surface area (Å²) >= 11 is 0. The van der Waals surface area contributed by atoms with Gasteiger partial charge in [0.15, 0.2) is 5.69 Å². The van der Waals surface area contributed by atoms with E-state index < -0.39 is 17.7 Å². The Labute approximate surface area is 113 Å². The van der Waals surface area contributed by atoms with Crippen molar-refractivity contribution >= 4 is 5.69 Å². The minimum absolute atomic E-state index is 0.0673. The van der Waals surface area contributed by atoms with E-state index in [9.17, 15) is 17.6 Å². The molecule has 0 saturated carbocycles. The number of benzene rings is 1. The van der Waals surface area contributed by atoms with Crippen molar-refractivity contribution in [1.29, 1.82) is 0 Å². The van der Waals surface area contributed by atoms with E-state index in [2.05, 4.69) is 10.4 Å². The van der Waals surface area contributed by atoms with E-state index in [1.807, 2.05) is 0 Å². The molecular formula is C13H13F4N3. The lowest BCUT2D eigenvalue weighted by molar-refractivity contribution is -0.141. The molecule has 0 aliphatic carbocycles. The molecule has 0 fully saturated rings. The van der Waals surface area contributed by atoms with Crippen molar-refractivity contribution in [2.45, 2.75) is 26.2 Å². The fourth-order valence-corrected chi connectivity index (χ4v) is 1.80. The van der Waals surface area contributed by atoms with Crippen LogP contribution in [0.1, 0.15) is 18.3 Å². The second kappa shape index (κ2) is 5.52. The lowest BCUT2D eigenvalue weighted by Gasteiger charge is -2.08. The van der Waals surface area contributed by atoms with Gasteiger partial charge in [-0.25, -0.2) is 4.39 Å². The van der Waals surface area contributed by atoms with Crippen LogP contribution in [0.15, 0.2) is 30.3 Å². The van der Waals surface area contributed by atoms with Crippen LogP contribution in [0.4, 0.5) is 23.2 Å². The number of hydrogen-bond acceptors (Lipinski definition) is 2. The number of anilines is 1. The number of alkyl halides is 3. The van der Waals surface area contributed by atoms with Crippen LogP contribution >= 0.6 is 0 Å². The van der Waals surface area contributed by atoms with Crippen LogP contribution in [0.25, 0.3) is 0 Å². The first-order chi connectivity index (χ1) is 9.41. The quantitative estimate of drug-likeness (QED) is 0.869. The monoisotopic (exact) mass is 287 g/mol. The number of aryl methyl sites for hydroxylation is 1. The Morgan fingerprint density at radius 2 is 1.95 bits per heavy atom. The summed E-state index contributed by atoms with van der Waals surface area (Å²) in [5, 5.41) is 6.26. The average molecular weight is 287 g/mol. The van der Waals surface area contributed by atoms with Crippen molar-refractivity contribution in [1.82, 2.24) is 9.78 Å². The van der Waals surface area contributed by atoms with Crippen LogP contribution in [0.5, 0.6) is 0 Å². The van der Waals surface area contributed by atoms with Crippen molar-refractivity contribution in [3.63, 3.8) is 0 Å². The van der Waals surface area contributed by atoms with Crippen molar-refractivity contribution in [3.05, 3.63) is 47.5 Å². The summed E-state index contributed by atoms with van der Waals surface area (Å²) in [4.78, 5) is 0. The molecule has 0 saturated heterocycles. The second-order valence-electron chi connectivity index (χ2n) is 4.17. The third-order valence-corrected chi connectivity index (χ3v) is 2.79. The minimum Gasteiger partial charge on any atom is -0.377 e. The predicted molar refractivity (Wildman–Crippen MR) is 66.6 cm³/mol. The highest BCUT2D eigenvalue weighted by Crippen LogP contribution is 2.28. The molecule has 7 heteroatoms. The van der Waals surface area contributed by atoms with E-state index in [1.165, 1.54) is 16.8 Å². The maximum Gasteiger partial charge on any atom is 0.435 e. The van der Waals surface area contributed by atoms with E-state index in [1.54, 1.807) is 19.1 Å². The van der Waals surface area contributed by atoms with Gasteiger partial charge in [-0.05, 0) is 25.1 Å². The van der Waals surface area contributed by atoms with Crippen LogP contribution in [0.3, 0.4) is 0 Å². The van der Waals surface area contributed by atoms with Crippen LogP contribution in [-0.2, 0) is 19.3 Å². The van der Waals surface area contributed by atoms with Crippen molar-refractivity contribution in [3.8, 4) is 0 Å². The first-order valence-electron chi connectivity index (χ1n) is 6.04. The Balaban J connectivity index is 2.17. The van der Waals surface area contributed by atoms with E-state index in [4.69, 9.17) is 0 Å². The Kier molecular flexibility index (Phi) is 3.96. The number of hydrogen-bond donors (Lipinski definition) is 1. The molecule has 0 bridgehead atoms. The standard InChI is InChI=1S/C13H13F4N3/c1-2-20-9(7-12(19-20)13(15,16)17)8-18-11-6-4-3-5-10(11)14/h3-7,18H,2,8H2,1H3. The van der Waals surface area contributed by atoms with Crippen molar-refractivity contribution < 1.29 is 17.6 Å². The highest BCUT2D eigenvalue weighted by molar-refractivity contribution is 5.44. The van der Waals surface area contributed by atoms with Gasteiger partial charge < -0.3 is 5.32 Å². The summed E-state index contributed by atoms with van der Waals surface area (Å²) in [6, 6.07) is 6.95. The molecule has 0 aliphatic heterocycles. The van der Waals surface area contributed by atoms with Crippen LogP contribution < -0.4 is 5.32 Å². The zero-order chi connectivity index (χ0) is 14.8. The summed E-state index contributed by atoms with van der Waals surface area (Å²) in [5.41, 5.74) is -0.349. The molecule has 0 spiro atoms. The van der Waals surface area contributed by atoms with Gasteiger partial charge in [-0.15, -0.1) is 0 Å². The van der Waals surface area contributed by atoms with Crippen LogP contribution in [0.2, 0.25) is 0 Å². The maximum atomic E-state index is 13.4. The minimum atomic E-state index is -4.48. The van der Waals surface area contributed by atoms with Gasteiger partial charge in [0.25, 0.3) is 0 Å². The van der Waals surface area contributed by atoms with Crippen LogP contribution in [0, 0.1) is 5.82 Å². The molecule has 1 N–H and O–H groups in total. The molecule has 1 aromatic heterocycles. The normalized spacial score (nSPS) is 11.7. The number of aromatic nitrogens is 2. The molecule has 0 radical (unpaired) electrons. The summed E-state index contributed by atoms with van der Waals surface area (Å²) < 4.78 is 52.4. The number of halogens is 4. The number of para-hydroxylation sites is 1. The molecule has 2 rings (SSSR count). The Hall–Kier alpha value is -2.05. The second-order valence-corrected chi connectivity index (χ2v) is 4.17. The van der Waals surface area contributed by atoms with Gasteiger partial charge in [0.05, 0.1) is 17.9 Å². The lowest BCUT2D eigenvalue weighted by atomic mass is 10.3. The maximum absolute atomic E-state index is 13.4. The van der Waals surface area contributed by atoms with E-state index >= 15 is 0 Å². The third-order valence-electron chi connectivity index (χ3n) is 2.79. The highest BCUT2D eigenvalue weighted by Gasteiger charge is 2.34. The summed E-state index contributed by atoms with van der Waals surface area (Å²) in [6.45, 7) is 2.07. The first-order valence-corrected chi connectivity index (χ1v) is 6.04. The molecule has 0 aliphatic rings. The molecule has 1 heterocycles. The molecule has 108 valence electrons. The molecule has 20 heavy (non-hydrogen) atoms. The molecule has 0 unspecified atom stereocenters. The smallest absolute Gasteiger partial charge is 0.377 e. The van der Waals surface area contributed by atoms with Gasteiger partial charge in [-0.1, -0.05) is 12.1 Å². The number of nitrogens with zero attached hydrogens (tertiary/aromatic N) is 2. The number of nitrogens with one attached hydrogen (secondary N) is 1. The van der Waals surface area contributed by atoms with Crippen molar-refractivity contribution in [2.75, 3.05) is 5.32 Å². The Bertz CT molecular complexity index is 590. The molecule has 1 aromatic carbocycles. The summed E-state index contributed by atoms with van der Waals surface area (Å²) in [7, 11) is 0. The summed E-state index contributed by atoms with van der Waals surface area (Å²) in [6.07, 6.45) is -4.48.